The van der Waals surface area contributed by atoms with E-state index in [0.29, 0.717) is 12.5 Å². The van der Waals surface area contributed by atoms with E-state index in [1.165, 1.54) is 50.3 Å². The number of hydrogen-bond acceptors (Lipinski definition) is 4. The van der Waals surface area contributed by atoms with Gasteiger partial charge in [0, 0.05) is 42.6 Å². The minimum Gasteiger partial charge on any atom is -0.354 e. The van der Waals surface area contributed by atoms with Gasteiger partial charge in [0.15, 0.2) is 0 Å². The van der Waals surface area contributed by atoms with Crippen LogP contribution in [0.2, 0.25) is 0 Å². The Balaban J connectivity index is 0.00000144. The van der Waals surface area contributed by atoms with Gasteiger partial charge in [0.1, 0.15) is 0 Å². The van der Waals surface area contributed by atoms with Gasteiger partial charge in [0.25, 0.3) is 0 Å². The number of nitrogens with zero attached hydrogens (tertiary/aromatic N) is 1. The van der Waals surface area contributed by atoms with Crippen LogP contribution < -0.4 is 11.1 Å². The summed E-state index contributed by atoms with van der Waals surface area (Å²) in [7, 11) is 0. The Kier molecular flexibility index (Phi) is 9.75. The Morgan fingerprint density at radius 2 is 1.79 bits per heavy atom. The van der Waals surface area contributed by atoms with Crippen molar-refractivity contribution in [2.75, 3.05) is 37.7 Å². The summed E-state index contributed by atoms with van der Waals surface area (Å²) in [4.78, 5) is 15.3. The third-order valence-electron chi connectivity index (χ3n) is 6.11. The van der Waals surface area contributed by atoms with Crippen LogP contribution >= 0.6 is 36.6 Å². The molecule has 1 saturated heterocycles. The summed E-state index contributed by atoms with van der Waals surface area (Å²) < 4.78 is 0. The van der Waals surface area contributed by atoms with Crippen molar-refractivity contribution >= 4 is 42.5 Å². The molecule has 24 heavy (non-hydrogen) atoms. The SMILES string of the molecule is Cl.Cl.NC[C@H]1CCC[C@H]1C(=O)NCC1(N2CCSCC2)CCCC1. The summed E-state index contributed by atoms with van der Waals surface area (Å²) in [6.07, 6.45) is 8.45. The van der Waals surface area contributed by atoms with E-state index in [4.69, 9.17) is 5.73 Å². The second-order valence-corrected chi connectivity index (χ2v) is 8.51. The summed E-state index contributed by atoms with van der Waals surface area (Å²) in [6, 6.07) is 0. The molecule has 3 fully saturated rings. The molecular formula is C17H33Cl2N3OS. The van der Waals surface area contributed by atoms with E-state index in [2.05, 4.69) is 22.0 Å². The Morgan fingerprint density at radius 3 is 2.42 bits per heavy atom. The number of halogens is 2. The molecule has 2 atom stereocenters. The van der Waals surface area contributed by atoms with Crippen LogP contribution in [0.15, 0.2) is 0 Å². The highest BCUT2D eigenvalue weighted by Gasteiger charge is 2.41. The van der Waals surface area contributed by atoms with Crippen molar-refractivity contribution in [2.24, 2.45) is 17.6 Å². The van der Waals surface area contributed by atoms with E-state index in [1.807, 2.05) is 0 Å². The monoisotopic (exact) mass is 397 g/mol. The lowest BCUT2D eigenvalue weighted by molar-refractivity contribution is -0.126. The predicted octanol–water partition coefficient (Wildman–Crippen LogP) is 2.68. The first-order chi connectivity index (χ1) is 10.7. The lowest BCUT2D eigenvalue weighted by Crippen LogP contribution is -2.57. The van der Waals surface area contributed by atoms with Gasteiger partial charge in [-0.1, -0.05) is 19.3 Å². The topological polar surface area (TPSA) is 58.4 Å². The zero-order valence-electron chi connectivity index (χ0n) is 14.5. The summed E-state index contributed by atoms with van der Waals surface area (Å²) in [6.45, 7) is 3.89. The van der Waals surface area contributed by atoms with Crippen LogP contribution in [0.25, 0.3) is 0 Å². The van der Waals surface area contributed by atoms with Gasteiger partial charge in [-0.05, 0) is 38.1 Å². The predicted molar refractivity (Wildman–Crippen MR) is 107 cm³/mol. The number of nitrogens with two attached hydrogens (primary N) is 1. The maximum absolute atomic E-state index is 12.6. The van der Waals surface area contributed by atoms with Crippen LogP contribution in [0.4, 0.5) is 0 Å². The molecule has 2 saturated carbocycles. The fourth-order valence-electron chi connectivity index (χ4n) is 4.72. The van der Waals surface area contributed by atoms with E-state index in [1.54, 1.807) is 0 Å². The van der Waals surface area contributed by atoms with Crippen LogP contribution in [0.1, 0.15) is 44.9 Å². The third kappa shape index (κ3) is 4.94. The lowest BCUT2D eigenvalue weighted by atomic mass is 9.92. The lowest BCUT2D eigenvalue weighted by Gasteiger charge is -2.43. The van der Waals surface area contributed by atoms with E-state index < -0.39 is 0 Å². The van der Waals surface area contributed by atoms with Crippen molar-refractivity contribution < 1.29 is 4.79 Å². The standard InChI is InChI=1S/C17H31N3OS.2ClH/c18-12-14-4-3-5-15(14)16(21)19-13-17(6-1-2-7-17)20-8-10-22-11-9-20;;/h14-15H,1-13,18H2,(H,19,21);2*1H/t14-,15-;;/m1../s1. The fraction of sp³-hybridized carbons (Fsp3) is 0.941. The van der Waals surface area contributed by atoms with Gasteiger partial charge in [0.05, 0.1) is 0 Å². The van der Waals surface area contributed by atoms with Gasteiger partial charge in [-0.2, -0.15) is 11.8 Å². The van der Waals surface area contributed by atoms with Crippen LogP contribution in [0.3, 0.4) is 0 Å². The number of thioether (sulfide) groups is 1. The maximum Gasteiger partial charge on any atom is 0.223 e. The average molecular weight is 398 g/mol. The molecule has 0 unspecified atom stereocenters. The molecule has 0 spiro atoms. The Morgan fingerprint density at radius 1 is 1.12 bits per heavy atom. The van der Waals surface area contributed by atoms with Crippen molar-refractivity contribution in [2.45, 2.75) is 50.5 Å². The number of rotatable bonds is 5. The highest BCUT2D eigenvalue weighted by Crippen LogP contribution is 2.37. The molecule has 3 rings (SSSR count). The number of hydrogen-bond donors (Lipinski definition) is 2. The summed E-state index contributed by atoms with van der Waals surface area (Å²) in [5, 5.41) is 3.33. The zero-order chi connectivity index (χ0) is 15.4. The first-order valence-corrected chi connectivity index (χ1v) is 10.2. The molecule has 0 aromatic rings. The van der Waals surface area contributed by atoms with Crippen LogP contribution in [-0.4, -0.2) is 54.0 Å². The fourth-order valence-corrected chi connectivity index (χ4v) is 5.63. The van der Waals surface area contributed by atoms with Crippen LogP contribution in [0, 0.1) is 11.8 Å². The van der Waals surface area contributed by atoms with Crippen LogP contribution in [-0.2, 0) is 4.79 Å². The summed E-state index contributed by atoms with van der Waals surface area (Å²) in [5.74, 6) is 3.33. The van der Waals surface area contributed by atoms with Gasteiger partial charge in [-0.15, -0.1) is 24.8 Å². The summed E-state index contributed by atoms with van der Waals surface area (Å²) in [5.41, 5.74) is 6.08. The second kappa shape index (κ2) is 10.5. The molecule has 3 N–H and O–H groups in total. The van der Waals surface area contributed by atoms with E-state index in [0.717, 1.165) is 25.8 Å². The second-order valence-electron chi connectivity index (χ2n) is 7.28. The Hall–Kier alpha value is 0.320. The average Bonchev–Trinajstić information content (AvgIpc) is 3.23. The molecule has 4 nitrogen and oxygen atoms in total. The maximum atomic E-state index is 12.6. The summed E-state index contributed by atoms with van der Waals surface area (Å²) >= 11 is 2.06. The van der Waals surface area contributed by atoms with Gasteiger partial charge in [-0.25, -0.2) is 0 Å². The van der Waals surface area contributed by atoms with Crippen molar-refractivity contribution in [3.63, 3.8) is 0 Å². The third-order valence-corrected chi connectivity index (χ3v) is 7.05. The van der Waals surface area contributed by atoms with E-state index in [-0.39, 0.29) is 42.2 Å². The van der Waals surface area contributed by atoms with Crippen molar-refractivity contribution in [1.29, 1.82) is 0 Å². The van der Waals surface area contributed by atoms with E-state index >= 15 is 0 Å². The normalized spacial score (nSPS) is 29.5. The quantitative estimate of drug-likeness (QED) is 0.748. The van der Waals surface area contributed by atoms with Gasteiger partial charge in [0.2, 0.25) is 5.91 Å². The van der Waals surface area contributed by atoms with Gasteiger partial charge in [-0.3, -0.25) is 9.69 Å². The Bertz CT molecular complexity index is 388. The molecule has 2 aliphatic carbocycles. The molecule has 0 radical (unpaired) electrons. The van der Waals surface area contributed by atoms with Crippen molar-refractivity contribution in [3.05, 3.63) is 0 Å². The molecule has 0 bridgehead atoms. The highest BCUT2D eigenvalue weighted by molar-refractivity contribution is 7.99. The Labute approximate surface area is 163 Å². The van der Waals surface area contributed by atoms with Crippen molar-refractivity contribution in [3.8, 4) is 0 Å². The highest BCUT2D eigenvalue weighted by atomic mass is 35.5. The molecule has 7 heteroatoms. The van der Waals surface area contributed by atoms with E-state index in [9.17, 15) is 4.79 Å². The first kappa shape index (κ1) is 22.4. The van der Waals surface area contributed by atoms with Gasteiger partial charge >= 0.3 is 0 Å². The van der Waals surface area contributed by atoms with Crippen LogP contribution in [0.5, 0.6) is 0 Å². The molecule has 1 heterocycles. The number of amides is 1. The zero-order valence-corrected chi connectivity index (χ0v) is 17.0. The molecule has 1 aliphatic heterocycles. The largest absolute Gasteiger partial charge is 0.354 e. The molecule has 142 valence electrons. The molecule has 1 amide bonds. The molecule has 3 aliphatic rings. The van der Waals surface area contributed by atoms with Crippen molar-refractivity contribution in [1.82, 2.24) is 10.2 Å². The minimum atomic E-state index is 0. The molecular weight excluding hydrogens is 365 g/mol. The van der Waals surface area contributed by atoms with Gasteiger partial charge < -0.3 is 11.1 Å². The number of carbonyl (C=O) groups is 1. The minimum absolute atomic E-state index is 0. The smallest absolute Gasteiger partial charge is 0.223 e. The molecule has 0 aromatic carbocycles. The number of nitrogens with one attached hydrogen (secondary N) is 1. The number of carbonyl (C=O) groups excluding carboxylic acids is 1. The first-order valence-electron chi connectivity index (χ1n) is 9.06. The molecule has 0 aromatic heterocycles.